The summed E-state index contributed by atoms with van der Waals surface area (Å²) in [4.78, 5) is 19.1. The van der Waals surface area contributed by atoms with E-state index >= 15 is 0 Å². The molecule has 0 aromatic carbocycles. The number of amides is 1. The van der Waals surface area contributed by atoms with E-state index in [2.05, 4.69) is 4.90 Å². The third kappa shape index (κ3) is 3.41. The quantitative estimate of drug-likeness (QED) is 0.312. The standard InChI is InChI=1S/C12H23N3O3/c1-13-6-3-11(9-13)14(10-16)18-12-4-7-15(2,17)8-5-12/h10-12H,3-9H2,1-2H3. The highest BCUT2D eigenvalue weighted by atomic mass is 16.7. The SMILES string of the molecule is CN1CCC(N(C=O)OC2CC[N+](C)([O-])CC2)C1. The number of hydroxylamine groups is 5. The van der Waals surface area contributed by atoms with Gasteiger partial charge in [0.25, 0.3) is 0 Å². The van der Waals surface area contributed by atoms with Crippen LogP contribution in [-0.4, -0.2) is 73.4 Å². The van der Waals surface area contributed by atoms with Gasteiger partial charge in [-0.15, -0.1) is 0 Å². The Morgan fingerprint density at radius 1 is 1.39 bits per heavy atom. The van der Waals surface area contributed by atoms with Gasteiger partial charge in [-0.2, -0.15) is 0 Å². The van der Waals surface area contributed by atoms with Gasteiger partial charge in [0.05, 0.1) is 32.3 Å². The molecule has 1 unspecified atom stereocenters. The van der Waals surface area contributed by atoms with Crippen LogP contribution in [0.2, 0.25) is 0 Å². The van der Waals surface area contributed by atoms with Gasteiger partial charge in [0, 0.05) is 25.9 Å². The fourth-order valence-electron chi connectivity index (χ4n) is 2.68. The molecule has 2 aliphatic heterocycles. The van der Waals surface area contributed by atoms with Gasteiger partial charge < -0.3 is 14.8 Å². The van der Waals surface area contributed by atoms with Crippen molar-refractivity contribution in [2.75, 3.05) is 40.3 Å². The van der Waals surface area contributed by atoms with Crippen molar-refractivity contribution >= 4 is 6.41 Å². The van der Waals surface area contributed by atoms with E-state index in [9.17, 15) is 10.0 Å². The molecule has 0 aromatic heterocycles. The molecule has 1 amide bonds. The predicted molar refractivity (Wildman–Crippen MR) is 67.2 cm³/mol. The Labute approximate surface area is 108 Å². The summed E-state index contributed by atoms with van der Waals surface area (Å²) in [5.41, 5.74) is 0. The first-order valence-corrected chi connectivity index (χ1v) is 6.65. The molecular weight excluding hydrogens is 234 g/mol. The Morgan fingerprint density at radius 2 is 2.06 bits per heavy atom. The van der Waals surface area contributed by atoms with Crippen molar-refractivity contribution < 1.29 is 14.3 Å². The number of carbonyl (C=O) groups is 1. The average molecular weight is 257 g/mol. The molecule has 1 atom stereocenters. The number of quaternary nitrogens is 1. The number of hydrogen-bond donors (Lipinski definition) is 0. The molecular formula is C12H23N3O3. The molecule has 2 fully saturated rings. The zero-order chi connectivity index (χ0) is 13.2. The van der Waals surface area contributed by atoms with Crippen LogP contribution < -0.4 is 0 Å². The van der Waals surface area contributed by atoms with Crippen LogP contribution in [0.1, 0.15) is 19.3 Å². The van der Waals surface area contributed by atoms with E-state index < -0.39 is 0 Å². The highest BCUT2D eigenvalue weighted by molar-refractivity contribution is 5.46. The van der Waals surface area contributed by atoms with Crippen LogP contribution >= 0.6 is 0 Å². The number of rotatable bonds is 4. The molecule has 2 rings (SSSR count). The number of likely N-dealkylation sites (N-methyl/N-ethyl adjacent to an activating group) is 1. The van der Waals surface area contributed by atoms with Gasteiger partial charge in [-0.05, 0) is 13.5 Å². The third-order valence-electron chi connectivity index (χ3n) is 3.95. The Kier molecular flexibility index (Phi) is 4.21. The lowest BCUT2D eigenvalue weighted by molar-refractivity contribution is -0.867. The van der Waals surface area contributed by atoms with Crippen LogP contribution in [0.5, 0.6) is 0 Å². The molecule has 0 aliphatic carbocycles. The number of piperidine rings is 1. The topological polar surface area (TPSA) is 55.8 Å². The Hall–Kier alpha value is -0.690. The third-order valence-corrected chi connectivity index (χ3v) is 3.95. The summed E-state index contributed by atoms with van der Waals surface area (Å²) >= 11 is 0. The second-order valence-corrected chi connectivity index (χ2v) is 5.72. The second kappa shape index (κ2) is 5.52. The lowest BCUT2D eigenvalue weighted by Crippen LogP contribution is -2.49. The average Bonchev–Trinajstić information content (AvgIpc) is 2.74. The molecule has 6 heteroatoms. The first kappa shape index (κ1) is 13.7. The van der Waals surface area contributed by atoms with Gasteiger partial charge in [-0.25, -0.2) is 5.06 Å². The Bertz CT molecular complexity index is 288. The maximum absolute atomic E-state index is 11.7. The van der Waals surface area contributed by atoms with Crippen molar-refractivity contribution in [3.63, 3.8) is 0 Å². The van der Waals surface area contributed by atoms with Gasteiger partial charge in [0.1, 0.15) is 0 Å². The molecule has 0 saturated carbocycles. The Balaban J connectivity index is 1.82. The summed E-state index contributed by atoms with van der Waals surface area (Å²) in [6.07, 6.45) is 3.21. The normalized spacial score (nSPS) is 37.7. The zero-order valence-electron chi connectivity index (χ0n) is 11.2. The van der Waals surface area contributed by atoms with Crippen LogP contribution in [0.15, 0.2) is 0 Å². The van der Waals surface area contributed by atoms with Crippen LogP contribution in [0.3, 0.4) is 0 Å². The lowest BCUT2D eigenvalue weighted by Gasteiger charge is -2.44. The lowest BCUT2D eigenvalue weighted by atomic mass is 10.1. The van der Waals surface area contributed by atoms with Crippen LogP contribution in [-0.2, 0) is 9.63 Å². The number of likely N-dealkylation sites (tertiary alicyclic amines) is 2. The Morgan fingerprint density at radius 3 is 2.56 bits per heavy atom. The largest absolute Gasteiger partial charge is 0.633 e. The van der Waals surface area contributed by atoms with Gasteiger partial charge in [0.15, 0.2) is 0 Å². The van der Waals surface area contributed by atoms with Crippen LogP contribution in [0.25, 0.3) is 0 Å². The minimum Gasteiger partial charge on any atom is -0.633 e. The molecule has 0 bridgehead atoms. The molecule has 2 saturated heterocycles. The molecule has 6 nitrogen and oxygen atoms in total. The summed E-state index contributed by atoms with van der Waals surface area (Å²) in [6.45, 7) is 3.00. The maximum atomic E-state index is 11.7. The van der Waals surface area contributed by atoms with E-state index in [1.807, 2.05) is 7.05 Å². The fourth-order valence-corrected chi connectivity index (χ4v) is 2.68. The van der Waals surface area contributed by atoms with E-state index in [0.717, 1.165) is 38.8 Å². The van der Waals surface area contributed by atoms with Crippen molar-refractivity contribution in [2.45, 2.75) is 31.4 Å². The predicted octanol–water partition coefficient (Wildman–Crippen LogP) is 0.187. The van der Waals surface area contributed by atoms with Gasteiger partial charge in [-0.1, -0.05) is 0 Å². The monoisotopic (exact) mass is 257 g/mol. The van der Waals surface area contributed by atoms with Crippen molar-refractivity contribution in [1.82, 2.24) is 9.96 Å². The highest BCUT2D eigenvalue weighted by Gasteiger charge is 2.30. The molecule has 18 heavy (non-hydrogen) atoms. The minimum atomic E-state index is -0.187. The summed E-state index contributed by atoms with van der Waals surface area (Å²) < 4.78 is -0.187. The number of nitrogens with zero attached hydrogens (tertiary/aromatic N) is 3. The van der Waals surface area contributed by atoms with E-state index in [1.54, 1.807) is 7.05 Å². The van der Waals surface area contributed by atoms with Crippen molar-refractivity contribution in [2.24, 2.45) is 0 Å². The van der Waals surface area contributed by atoms with E-state index in [4.69, 9.17) is 4.84 Å². The molecule has 0 spiro atoms. The summed E-state index contributed by atoms with van der Waals surface area (Å²) in [6, 6.07) is 0.155. The summed E-state index contributed by atoms with van der Waals surface area (Å²) in [7, 11) is 3.74. The number of hydrogen-bond acceptors (Lipinski definition) is 4. The molecule has 2 aliphatic rings. The van der Waals surface area contributed by atoms with E-state index in [-0.39, 0.29) is 16.8 Å². The summed E-state index contributed by atoms with van der Waals surface area (Å²) in [5.74, 6) is 0. The molecule has 2 heterocycles. The van der Waals surface area contributed by atoms with Crippen LogP contribution in [0, 0.1) is 5.21 Å². The van der Waals surface area contributed by atoms with E-state index in [1.165, 1.54) is 5.06 Å². The summed E-state index contributed by atoms with van der Waals surface area (Å²) in [5, 5.41) is 13.2. The number of carbonyl (C=O) groups excluding carboxylic acids is 1. The first-order chi connectivity index (χ1) is 8.50. The van der Waals surface area contributed by atoms with Crippen LogP contribution in [0.4, 0.5) is 0 Å². The van der Waals surface area contributed by atoms with E-state index in [0.29, 0.717) is 13.1 Å². The highest BCUT2D eigenvalue weighted by Crippen LogP contribution is 2.21. The fraction of sp³-hybridized carbons (Fsp3) is 0.917. The van der Waals surface area contributed by atoms with Crippen molar-refractivity contribution in [3.8, 4) is 0 Å². The molecule has 0 radical (unpaired) electrons. The zero-order valence-corrected chi connectivity index (χ0v) is 11.2. The molecule has 0 aromatic rings. The minimum absolute atomic E-state index is 0.0151. The molecule has 104 valence electrons. The second-order valence-electron chi connectivity index (χ2n) is 5.72. The smallest absolute Gasteiger partial charge is 0.233 e. The first-order valence-electron chi connectivity index (χ1n) is 6.65. The van der Waals surface area contributed by atoms with Gasteiger partial charge in [0.2, 0.25) is 6.41 Å². The van der Waals surface area contributed by atoms with Crippen molar-refractivity contribution in [3.05, 3.63) is 5.21 Å². The van der Waals surface area contributed by atoms with Crippen molar-refractivity contribution in [1.29, 1.82) is 0 Å². The molecule has 0 N–H and O–H groups in total. The maximum Gasteiger partial charge on any atom is 0.233 e. The van der Waals surface area contributed by atoms with Gasteiger partial charge >= 0.3 is 0 Å². The van der Waals surface area contributed by atoms with Gasteiger partial charge in [-0.3, -0.25) is 9.63 Å².